The van der Waals surface area contributed by atoms with E-state index in [9.17, 15) is 4.79 Å². The number of benzene rings is 1. The van der Waals surface area contributed by atoms with Gasteiger partial charge in [0.1, 0.15) is 0 Å². The predicted molar refractivity (Wildman–Crippen MR) is 82.8 cm³/mol. The lowest BCUT2D eigenvalue weighted by molar-refractivity contribution is -0.140. The average molecular weight is 289 g/mol. The molecule has 4 heteroatoms. The molecule has 1 aromatic carbocycles. The van der Waals surface area contributed by atoms with E-state index in [1.165, 1.54) is 0 Å². The third-order valence-corrected chi connectivity index (χ3v) is 3.57. The summed E-state index contributed by atoms with van der Waals surface area (Å²) in [6.07, 6.45) is 1.41. The van der Waals surface area contributed by atoms with Gasteiger partial charge in [0.25, 0.3) is 5.91 Å². The second-order valence-electron chi connectivity index (χ2n) is 4.93. The molecule has 0 bridgehead atoms. The third-order valence-electron chi connectivity index (χ3n) is 3.57. The quantitative estimate of drug-likeness (QED) is 0.689. The van der Waals surface area contributed by atoms with Gasteiger partial charge in [-0.15, -0.1) is 0 Å². The van der Waals surface area contributed by atoms with Crippen molar-refractivity contribution in [1.29, 1.82) is 0 Å². The smallest absolute Gasteiger partial charge is 0.258 e. The summed E-state index contributed by atoms with van der Waals surface area (Å²) in [5, 5.41) is 0. The number of nitrogens with zero attached hydrogens (tertiary/aromatic N) is 1. The summed E-state index contributed by atoms with van der Waals surface area (Å²) in [6.45, 7) is 9.85. The molecule has 21 heavy (non-hydrogen) atoms. The van der Waals surface area contributed by atoms with Crippen LogP contribution in [0.3, 0.4) is 0 Å². The van der Waals surface area contributed by atoms with Gasteiger partial charge in [0.2, 0.25) is 0 Å². The Kier molecular flexibility index (Phi) is 5.53. The Bertz CT molecular complexity index is 472. The lowest BCUT2D eigenvalue weighted by Gasteiger charge is -2.20. The molecule has 4 nitrogen and oxygen atoms in total. The lowest BCUT2D eigenvalue weighted by atomic mass is 10.1. The molecule has 0 spiro atoms. The van der Waals surface area contributed by atoms with E-state index in [-0.39, 0.29) is 12.2 Å². The molecule has 0 saturated heterocycles. The Labute approximate surface area is 126 Å². The molecule has 1 aromatic rings. The minimum absolute atomic E-state index is 0.0416. The summed E-state index contributed by atoms with van der Waals surface area (Å²) in [7, 11) is 0. The first-order chi connectivity index (χ1) is 10.2. The monoisotopic (exact) mass is 289 g/mol. The van der Waals surface area contributed by atoms with Crippen LogP contribution >= 0.6 is 0 Å². The normalized spacial score (nSPS) is 14.1. The van der Waals surface area contributed by atoms with Crippen molar-refractivity contribution in [2.45, 2.75) is 33.0 Å². The van der Waals surface area contributed by atoms with Crippen LogP contribution in [0.5, 0.6) is 0 Å². The van der Waals surface area contributed by atoms with Crippen molar-refractivity contribution in [2.75, 3.05) is 19.8 Å². The van der Waals surface area contributed by atoms with Gasteiger partial charge >= 0.3 is 0 Å². The zero-order valence-electron chi connectivity index (χ0n) is 12.8. The molecule has 1 amide bonds. The maximum absolute atomic E-state index is 12.3. The van der Waals surface area contributed by atoms with E-state index in [0.29, 0.717) is 19.8 Å². The number of amides is 1. The van der Waals surface area contributed by atoms with Gasteiger partial charge in [-0.1, -0.05) is 24.8 Å². The molecule has 114 valence electrons. The number of hydrogen-bond donors (Lipinski definition) is 0. The summed E-state index contributed by atoms with van der Waals surface area (Å²) in [6, 6.07) is 7.61. The van der Waals surface area contributed by atoms with Crippen molar-refractivity contribution >= 4 is 11.6 Å². The van der Waals surface area contributed by atoms with Crippen LogP contribution in [0.25, 0.3) is 5.70 Å². The van der Waals surface area contributed by atoms with Crippen molar-refractivity contribution < 1.29 is 14.3 Å². The van der Waals surface area contributed by atoms with Gasteiger partial charge in [-0.3, -0.25) is 4.79 Å². The Balaban J connectivity index is 1.90. The van der Waals surface area contributed by atoms with Gasteiger partial charge in [0.05, 0.1) is 0 Å². The SMILES string of the molecule is C=C1c2ccccc2C(=O)N1CCCC(OCC)OCC. The van der Waals surface area contributed by atoms with Gasteiger partial charge in [0.15, 0.2) is 6.29 Å². The molecule has 1 aliphatic heterocycles. The van der Waals surface area contributed by atoms with E-state index >= 15 is 0 Å². The number of carbonyl (C=O) groups is 1. The molecule has 1 aliphatic rings. The molecule has 2 rings (SSSR count). The lowest BCUT2D eigenvalue weighted by Crippen LogP contribution is -2.26. The number of rotatable bonds is 8. The van der Waals surface area contributed by atoms with Crippen molar-refractivity contribution in [3.8, 4) is 0 Å². The first-order valence-electron chi connectivity index (χ1n) is 7.52. The van der Waals surface area contributed by atoms with Gasteiger partial charge in [0, 0.05) is 43.0 Å². The summed E-state index contributed by atoms with van der Waals surface area (Å²) in [5.41, 5.74) is 2.47. The maximum Gasteiger partial charge on any atom is 0.258 e. The van der Waals surface area contributed by atoms with Crippen LogP contribution < -0.4 is 0 Å². The second-order valence-corrected chi connectivity index (χ2v) is 4.93. The van der Waals surface area contributed by atoms with Gasteiger partial charge in [-0.25, -0.2) is 0 Å². The van der Waals surface area contributed by atoms with E-state index in [0.717, 1.165) is 29.7 Å². The zero-order chi connectivity index (χ0) is 15.2. The highest BCUT2D eigenvalue weighted by molar-refractivity contribution is 6.08. The zero-order valence-corrected chi connectivity index (χ0v) is 12.8. The fraction of sp³-hybridized carbons (Fsp3) is 0.471. The summed E-state index contributed by atoms with van der Waals surface area (Å²) >= 11 is 0. The maximum atomic E-state index is 12.3. The molecule has 0 N–H and O–H groups in total. The van der Waals surface area contributed by atoms with E-state index in [1.54, 1.807) is 4.90 Å². The van der Waals surface area contributed by atoms with E-state index in [2.05, 4.69) is 6.58 Å². The van der Waals surface area contributed by atoms with Crippen LogP contribution in [0, 0.1) is 0 Å². The van der Waals surface area contributed by atoms with Crippen LogP contribution in [0.4, 0.5) is 0 Å². The van der Waals surface area contributed by atoms with E-state index < -0.39 is 0 Å². The van der Waals surface area contributed by atoms with Crippen LogP contribution in [0.15, 0.2) is 30.8 Å². The van der Waals surface area contributed by atoms with Crippen molar-refractivity contribution in [3.63, 3.8) is 0 Å². The molecule has 0 fully saturated rings. The highest BCUT2D eigenvalue weighted by Gasteiger charge is 2.30. The van der Waals surface area contributed by atoms with Crippen LogP contribution in [0.2, 0.25) is 0 Å². The van der Waals surface area contributed by atoms with Gasteiger partial charge in [-0.05, 0) is 26.3 Å². The standard InChI is InChI=1S/C17H23NO3/c1-4-20-16(21-5-2)11-8-12-18-13(3)14-9-6-7-10-15(14)17(18)19/h6-7,9-10,16H,3-5,8,11-12H2,1-2H3. The topological polar surface area (TPSA) is 38.8 Å². The first-order valence-corrected chi connectivity index (χ1v) is 7.52. The van der Waals surface area contributed by atoms with Crippen LogP contribution in [-0.2, 0) is 9.47 Å². The summed E-state index contributed by atoms with van der Waals surface area (Å²) in [4.78, 5) is 14.1. The number of fused-ring (bicyclic) bond motifs is 1. The Morgan fingerprint density at radius 3 is 2.33 bits per heavy atom. The van der Waals surface area contributed by atoms with Crippen LogP contribution in [-0.4, -0.2) is 36.9 Å². The molecule has 0 unspecified atom stereocenters. The van der Waals surface area contributed by atoms with E-state index in [4.69, 9.17) is 9.47 Å². The predicted octanol–water partition coefficient (Wildman–Crippen LogP) is 3.29. The van der Waals surface area contributed by atoms with E-state index in [1.807, 2.05) is 38.1 Å². The fourth-order valence-electron chi connectivity index (χ4n) is 2.57. The Morgan fingerprint density at radius 1 is 1.14 bits per heavy atom. The summed E-state index contributed by atoms with van der Waals surface area (Å²) in [5.74, 6) is 0.0416. The average Bonchev–Trinajstić information content (AvgIpc) is 2.73. The molecule has 0 saturated carbocycles. The third kappa shape index (κ3) is 3.52. The van der Waals surface area contributed by atoms with Crippen LogP contribution in [0.1, 0.15) is 42.6 Å². The largest absolute Gasteiger partial charge is 0.353 e. The highest BCUT2D eigenvalue weighted by atomic mass is 16.7. The molecule has 0 aliphatic carbocycles. The Hall–Kier alpha value is -1.65. The molecular weight excluding hydrogens is 266 g/mol. The molecular formula is C17H23NO3. The van der Waals surface area contributed by atoms with Gasteiger partial charge in [-0.2, -0.15) is 0 Å². The Morgan fingerprint density at radius 2 is 1.76 bits per heavy atom. The van der Waals surface area contributed by atoms with Crippen molar-refractivity contribution in [3.05, 3.63) is 42.0 Å². The fourth-order valence-corrected chi connectivity index (χ4v) is 2.57. The first kappa shape index (κ1) is 15.7. The molecule has 1 heterocycles. The molecule has 0 radical (unpaired) electrons. The minimum Gasteiger partial charge on any atom is -0.353 e. The van der Waals surface area contributed by atoms with Crippen molar-refractivity contribution in [1.82, 2.24) is 4.90 Å². The summed E-state index contributed by atoms with van der Waals surface area (Å²) < 4.78 is 11.0. The highest BCUT2D eigenvalue weighted by Crippen LogP contribution is 2.31. The number of carbonyl (C=O) groups excluding carboxylic acids is 1. The van der Waals surface area contributed by atoms with Gasteiger partial charge < -0.3 is 14.4 Å². The molecule has 0 atom stereocenters. The molecule has 0 aromatic heterocycles. The van der Waals surface area contributed by atoms with Crippen molar-refractivity contribution in [2.24, 2.45) is 0 Å². The number of ether oxygens (including phenoxy) is 2. The number of hydrogen-bond acceptors (Lipinski definition) is 3. The second kappa shape index (κ2) is 7.38. The minimum atomic E-state index is -0.187.